The maximum absolute atomic E-state index is 14.3. The summed E-state index contributed by atoms with van der Waals surface area (Å²) < 4.78 is 0. The van der Waals surface area contributed by atoms with Crippen molar-refractivity contribution in [2.45, 2.75) is 115 Å². The highest BCUT2D eigenvalue weighted by molar-refractivity contribution is 5.76. The minimum absolute atomic E-state index is 0.0338. The van der Waals surface area contributed by atoms with Crippen molar-refractivity contribution in [3.05, 3.63) is 71.8 Å². The van der Waals surface area contributed by atoms with E-state index in [4.69, 9.17) is 0 Å². The fourth-order valence-corrected chi connectivity index (χ4v) is 5.74. The zero-order chi connectivity index (χ0) is 27.2. The van der Waals surface area contributed by atoms with Gasteiger partial charge in [0.15, 0.2) is 0 Å². The Hall–Kier alpha value is -2.37. The lowest BCUT2D eigenvalue weighted by Crippen LogP contribution is -2.51. The molecule has 2 N–H and O–H groups in total. The van der Waals surface area contributed by atoms with Crippen LogP contribution in [0.1, 0.15) is 89.2 Å². The Morgan fingerprint density at radius 2 is 0.947 bits per heavy atom. The number of hydrogen-bond acceptors (Lipinski definition) is 3. The Balaban J connectivity index is 1.90. The molecule has 1 aliphatic heterocycles. The molecule has 3 rings (SSSR count). The number of carbonyl (C=O) groups is 1. The van der Waals surface area contributed by atoms with Crippen LogP contribution in [-0.2, 0) is 12.8 Å². The maximum atomic E-state index is 14.3. The summed E-state index contributed by atoms with van der Waals surface area (Å²) in [5, 5.41) is 23.3. The van der Waals surface area contributed by atoms with Crippen molar-refractivity contribution in [1.82, 2.24) is 9.80 Å². The monoisotopic (exact) mass is 522 g/mol. The molecule has 1 heterocycles. The third-order valence-corrected chi connectivity index (χ3v) is 8.01. The highest BCUT2D eigenvalue weighted by atomic mass is 16.3. The molecule has 2 aromatic rings. The van der Waals surface area contributed by atoms with E-state index in [1.807, 2.05) is 70.5 Å². The van der Waals surface area contributed by atoms with Crippen LogP contribution in [0.25, 0.3) is 0 Å². The van der Waals surface area contributed by atoms with Crippen LogP contribution in [-0.4, -0.2) is 63.4 Å². The van der Waals surface area contributed by atoms with Gasteiger partial charge in [-0.2, -0.15) is 0 Å². The number of unbranched alkanes of at least 4 members (excludes halogenated alkanes) is 8. The van der Waals surface area contributed by atoms with Crippen LogP contribution < -0.4 is 0 Å². The maximum Gasteiger partial charge on any atom is 0.320 e. The average molecular weight is 523 g/mol. The highest BCUT2D eigenvalue weighted by Gasteiger charge is 2.45. The topological polar surface area (TPSA) is 64.0 Å². The molecule has 0 radical (unpaired) electrons. The Labute approximate surface area is 230 Å². The predicted octanol–water partition coefficient (Wildman–Crippen LogP) is 6.61. The molecule has 5 heteroatoms. The summed E-state index contributed by atoms with van der Waals surface area (Å²) in [4.78, 5) is 18.1. The van der Waals surface area contributed by atoms with Crippen LogP contribution in [0.4, 0.5) is 4.79 Å². The molecule has 38 heavy (non-hydrogen) atoms. The molecule has 0 spiro atoms. The molecule has 2 amide bonds. The van der Waals surface area contributed by atoms with Crippen molar-refractivity contribution >= 4 is 6.03 Å². The van der Waals surface area contributed by atoms with Crippen molar-refractivity contribution in [2.75, 3.05) is 13.1 Å². The largest absolute Gasteiger partial charge is 0.388 e. The van der Waals surface area contributed by atoms with Crippen LogP contribution >= 0.6 is 0 Å². The smallest absolute Gasteiger partial charge is 0.320 e. The van der Waals surface area contributed by atoms with Gasteiger partial charge in [0, 0.05) is 13.1 Å². The Kier molecular flexibility index (Phi) is 13.2. The molecule has 210 valence electrons. The Morgan fingerprint density at radius 3 is 1.32 bits per heavy atom. The van der Waals surface area contributed by atoms with E-state index < -0.39 is 24.3 Å². The number of aliphatic hydroxyl groups excluding tert-OH is 2. The Bertz CT molecular complexity index is 833. The van der Waals surface area contributed by atoms with E-state index in [1.165, 1.54) is 25.7 Å². The number of rotatable bonds is 16. The van der Waals surface area contributed by atoms with Gasteiger partial charge in [-0.05, 0) is 36.8 Å². The van der Waals surface area contributed by atoms with Gasteiger partial charge in [0.2, 0.25) is 0 Å². The van der Waals surface area contributed by atoms with Crippen molar-refractivity contribution in [2.24, 2.45) is 0 Å². The fraction of sp³-hybridized carbons (Fsp3) is 0.606. The van der Waals surface area contributed by atoms with Gasteiger partial charge >= 0.3 is 6.03 Å². The third-order valence-electron chi connectivity index (χ3n) is 8.01. The van der Waals surface area contributed by atoms with Gasteiger partial charge in [0.1, 0.15) is 12.2 Å². The number of hydrogen-bond donors (Lipinski definition) is 2. The third kappa shape index (κ3) is 8.84. The SMILES string of the molecule is CCCCCCCN1C(=O)N(CCCCCCC)[C@H](Cc2ccccc2)[C@H](O)[C@@H](O)[C@H]1Cc1ccccc1. The first-order valence-corrected chi connectivity index (χ1v) is 15.1. The van der Waals surface area contributed by atoms with E-state index in [1.54, 1.807) is 0 Å². The quantitative estimate of drug-likeness (QED) is 0.244. The molecular weight excluding hydrogens is 472 g/mol. The minimum Gasteiger partial charge on any atom is -0.388 e. The summed E-state index contributed by atoms with van der Waals surface area (Å²) in [5.74, 6) is 0. The molecule has 1 saturated heterocycles. The van der Waals surface area contributed by atoms with Crippen LogP contribution in [0, 0.1) is 0 Å². The predicted molar refractivity (Wildman–Crippen MR) is 156 cm³/mol. The van der Waals surface area contributed by atoms with Gasteiger partial charge in [-0.15, -0.1) is 0 Å². The van der Waals surface area contributed by atoms with Crippen LogP contribution in [0.2, 0.25) is 0 Å². The molecule has 0 saturated carbocycles. The second-order valence-electron chi connectivity index (χ2n) is 11.0. The first kappa shape index (κ1) is 30.2. The summed E-state index contributed by atoms with van der Waals surface area (Å²) >= 11 is 0. The zero-order valence-electron chi connectivity index (χ0n) is 23.7. The van der Waals surface area contributed by atoms with Crippen molar-refractivity contribution < 1.29 is 15.0 Å². The summed E-state index contributed by atoms with van der Waals surface area (Å²) in [5.41, 5.74) is 2.14. The van der Waals surface area contributed by atoms with Crippen LogP contribution in [0.3, 0.4) is 0 Å². The van der Waals surface area contributed by atoms with E-state index in [-0.39, 0.29) is 6.03 Å². The van der Waals surface area contributed by atoms with Crippen molar-refractivity contribution in [1.29, 1.82) is 0 Å². The van der Waals surface area contributed by atoms with E-state index in [0.717, 1.165) is 49.7 Å². The van der Waals surface area contributed by atoms with Crippen molar-refractivity contribution in [3.8, 4) is 0 Å². The normalized spacial score (nSPS) is 22.1. The summed E-state index contributed by atoms with van der Waals surface area (Å²) in [6.07, 6.45) is 10.0. The highest BCUT2D eigenvalue weighted by Crippen LogP contribution is 2.28. The van der Waals surface area contributed by atoms with Gasteiger partial charge in [0.25, 0.3) is 0 Å². The summed E-state index contributed by atoms with van der Waals surface area (Å²) in [7, 11) is 0. The van der Waals surface area contributed by atoms with Crippen LogP contribution in [0.5, 0.6) is 0 Å². The summed E-state index contributed by atoms with van der Waals surface area (Å²) in [6.45, 7) is 5.62. The molecule has 4 atom stereocenters. The van der Waals surface area contributed by atoms with E-state index in [0.29, 0.717) is 25.9 Å². The first-order chi connectivity index (χ1) is 18.6. The van der Waals surface area contributed by atoms with E-state index in [2.05, 4.69) is 13.8 Å². The lowest BCUT2D eigenvalue weighted by Gasteiger charge is -2.36. The van der Waals surface area contributed by atoms with E-state index >= 15 is 0 Å². The number of nitrogens with zero attached hydrogens (tertiary/aromatic N) is 2. The van der Waals surface area contributed by atoms with Crippen LogP contribution in [0.15, 0.2) is 60.7 Å². The number of amides is 2. The zero-order valence-corrected chi connectivity index (χ0v) is 23.7. The van der Waals surface area contributed by atoms with Crippen molar-refractivity contribution in [3.63, 3.8) is 0 Å². The standard InChI is InChI=1S/C33H50N2O3/c1-3-5-7-9-17-23-34-29(25-27-19-13-11-14-20-27)31(36)32(37)30(26-28-21-15-12-16-22-28)35(33(34)38)24-18-10-8-6-4-2/h11-16,19-22,29-32,36-37H,3-10,17-18,23-26H2,1-2H3/t29-,30-,31+,32+/m1/s1. The van der Waals surface area contributed by atoms with Gasteiger partial charge in [0.05, 0.1) is 12.1 Å². The fourth-order valence-electron chi connectivity index (χ4n) is 5.74. The summed E-state index contributed by atoms with van der Waals surface area (Å²) in [6, 6.07) is 19.1. The molecule has 2 aromatic carbocycles. The number of benzene rings is 2. The molecule has 0 aliphatic carbocycles. The number of carbonyl (C=O) groups excluding carboxylic acids is 1. The van der Waals surface area contributed by atoms with Gasteiger partial charge < -0.3 is 20.0 Å². The lowest BCUT2D eigenvalue weighted by atomic mass is 9.91. The molecule has 0 bridgehead atoms. The second kappa shape index (κ2) is 16.6. The second-order valence-corrected chi connectivity index (χ2v) is 11.0. The Morgan fingerprint density at radius 1 is 0.579 bits per heavy atom. The first-order valence-electron chi connectivity index (χ1n) is 15.1. The number of urea groups is 1. The van der Waals surface area contributed by atoms with Gasteiger partial charge in [-0.3, -0.25) is 0 Å². The molecule has 0 aromatic heterocycles. The molecule has 1 aliphatic rings. The molecular formula is C33H50N2O3. The lowest BCUT2D eigenvalue weighted by molar-refractivity contribution is -0.0396. The molecule has 1 fully saturated rings. The average Bonchev–Trinajstić information content (AvgIpc) is 3.00. The van der Waals surface area contributed by atoms with E-state index in [9.17, 15) is 15.0 Å². The molecule has 5 nitrogen and oxygen atoms in total. The van der Waals surface area contributed by atoms with Gasteiger partial charge in [-0.1, -0.05) is 126 Å². The van der Waals surface area contributed by atoms with Gasteiger partial charge in [-0.25, -0.2) is 4.79 Å². The number of aliphatic hydroxyl groups is 2. The minimum atomic E-state index is -1.02. The molecule has 0 unspecified atom stereocenters.